The van der Waals surface area contributed by atoms with Crippen molar-refractivity contribution in [3.63, 3.8) is 0 Å². The molecule has 0 aliphatic heterocycles. The molecule has 0 atom stereocenters. The van der Waals surface area contributed by atoms with Crippen molar-refractivity contribution in [2.45, 2.75) is 0 Å². The van der Waals surface area contributed by atoms with Gasteiger partial charge in [-0.25, -0.2) is 0 Å². The molecule has 0 aliphatic rings. The summed E-state index contributed by atoms with van der Waals surface area (Å²) in [5, 5.41) is 9.80. The first kappa shape index (κ1) is 9.50. The first-order valence-electron chi connectivity index (χ1n) is 3.92. The Balaban J connectivity index is 2.71. The maximum absolute atomic E-state index is 8.75. The second-order valence-corrected chi connectivity index (χ2v) is 4.69. The van der Waals surface area contributed by atoms with Crippen LogP contribution in [0, 0.1) is 11.3 Å². The molecule has 0 N–H and O–H groups in total. The number of nitrogens with zero attached hydrogens (tertiary/aromatic N) is 1. The summed E-state index contributed by atoms with van der Waals surface area (Å²) < 4.78 is 7.18. The Hall–Kier alpha value is -1.05. The first-order chi connectivity index (χ1) is 6.74. The minimum atomic E-state index is 0.722. The van der Waals surface area contributed by atoms with E-state index in [0.29, 0.717) is 0 Å². The molecule has 1 aromatic carbocycles. The predicted octanol–water partition coefficient (Wildman–Crippen LogP) is 3.54. The van der Waals surface area contributed by atoms with E-state index in [1.807, 2.05) is 18.2 Å². The monoisotopic (exact) mass is 267 g/mol. The van der Waals surface area contributed by atoms with E-state index in [-0.39, 0.29) is 0 Å². The lowest BCUT2D eigenvalue weighted by atomic mass is 10.2. The van der Waals surface area contributed by atoms with Crippen molar-refractivity contribution in [2.75, 3.05) is 7.11 Å². The van der Waals surface area contributed by atoms with Gasteiger partial charge in [-0.2, -0.15) is 5.26 Å². The number of halogens is 1. The van der Waals surface area contributed by atoms with Crippen molar-refractivity contribution in [3.8, 4) is 11.8 Å². The third-order valence-electron chi connectivity index (χ3n) is 1.90. The Bertz CT molecular complexity index is 527. The highest BCUT2D eigenvalue weighted by atomic mass is 79.9. The Labute approximate surface area is 93.9 Å². The molecule has 14 heavy (non-hydrogen) atoms. The minimum absolute atomic E-state index is 0.722. The Morgan fingerprint density at radius 3 is 2.86 bits per heavy atom. The average Bonchev–Trinajstić information content (AvgIpc) is 2.58. The van der Waals surface area contributed by atoms with Gasteiger partial charge in [-0.3, -0.25) is 0 Å². The van der Waals surface area contributed by atoms with Crippen molar-refractivity contribution in [1.82, 2.24) is 0 Å². The molecular formula is C10H6BrNOS. The standard InChI is InChI=1S/C10H6BrNOS/c1-13-9-3-6-2-7(5-12)14-10(6)4-8(9)11/h2-4H,1H3. The van der Waals surface area contributed by atoms with Gasteiger partial charge in [0.2, 0.25) is 0 Å². The highest BCUT2D eigenvalue weighted by molar-refractivity contribution is 9.10. The van der Waals surface area contributed by atoms with Crippen LogP contribution in [-0.4, -0.2) is 7.11 Å². The summed E-state index contributed by atoms with van der Waals surface area (Å²) in [6.45, 7) is 0. The van der Waals surface area contributed by atoms with Crippen molar-refractivity contribution < 1.29 is 4.74 Å². The quantitative estimate of drug-likeness (QED) is 0.792. The Morgan fingerprint density at radius 1 is 1.43 bits per heavy atom. The normalized spacial score (nSPS) is 10.1. The highest BCUT2D eigenvalue weighted by Crippen LogP contribution is 2.34. The van der Waals surface area contributed by atoms with Gasteiger partial charge in [-0.1, -0.05) is 0 Å². The second-order valence-electron chi connectivity index (χ2n) is 2.75. The number of rotatable bonds is 1. The fraction of sp³-hybridized carbons (Fsp3) is 0.100. The molecule has 2 nitrogen and oxygen atoms in total. The fourth-order valence-electron chi connectivity index (χ4n) is 1.25. The summed E-state index contributed by atoms with van der Waals surface area (Å²) in [6.07, 6.45) is 0. The summed E-state index contributed by atoms with van der Waals surface area (Å²) in [6, 6.07) is 7.90. The lowest BCUT2D eigenvalue weighted by Crippen LogP contribution is -1.82. The zero-order chi connectivity index (χ0) is 10.1. The number of thiophene rings is 1. The van der Waals surface area contributed by atoms with Crippen LogP contribution in [-0.2, 0) is 0 Å². The van der Waals surface area contributed by atoms with E-state index in [1.165, 1.54) is 11.3 Å². The van der Waals surface area contributed by atoms with E-state index in [2.05, 4.69) is 22.0 Å². The molecule has 0 saturated heterocycles. The molecular weight excluding hydrogens is 262 g/mol. The van der Waals surface area contributed by atoms with Crippen LogP contribution in [0.25, 0.3) is 10.1 Å². The third-order valence-corrected chi connectivity index (χ3v) is 3.52. The SMILES string of the molecule is COc1cc2cc(C#N)sc2cc1Br. The van der Waals surface area contributed by atoms with Crippen LogP contribution in [0.5, 0.6) is 5.75 Å². The molecule has 1 aromatic heterocycles. The van der Waals surface area contributed by atoms with Gasteiger partial charge in [0.25, 0.3) is 0 Å². The van der Waals surface area contributed by atoms with Gasteiger partial charge in [-0.15, -0.1) is 11.3 Å². The summed E-state index contributed by atoms with van der Waals surface area (Å²) in [7, 11) is 1.63. The van der Waals surface area contributed by atoms with Crippen LogP contribution in [0.2, 0.25) is 0 Å². The summed E-state index contributed by atoms with van der Waals surface area (Å²) in [5.74, 6) is 0.791. The van der Waals surface area contributed by atoms with Gasteiger partial charge >= 0.3 is 0 Å². The third kappa shape index (κ3) is 1.49. The summed E-state index contributed by atoms with van der Waals surface area (Å²) in [4.78, 5) is 0.722. The first-order valence-corrected chi connectivity index (χ1v) is 5.52. The average molecular weight is 268 g/mol. The van der Waals surface area contributed by atoms with Crippen LogP contribution < -0.4 is 4.74 Å². The van der Waals surface area contributed by atoms with Gasteiger partial charge in [0, 0.05) is 4.70 Å². The number of benzene rings is 1. The zero-order valence-electron chi connectivity index (χ0n) is 7.37. The molecule has 0 bridgehead atoms. The molecule has 4 heteroatoms. The maximum Gasteiger partial charge on any atom is 0.133 e. The summed E-state index contributed by atoms with van der Waals surface area (Å²) in [5.41, 5.74) is 0. The van der Waals surface area contributed by atoms with Crippen molar-refractivity contribution in [3.05, 3.63) is 27.5 Å². The number of fused-ring (bicyclic) bond motifs is 1. The largest absolute Gasteiger partial charge is 0.496 e. The lowest BCUT2D eigenvalue weighted by Gasteiger charge is -2.01. The molecule has 70 valence electrons. The van der Waals surface area contributed by atoms with E-state index in [0.717, 1.165) is 25.2 Å². The smallest absolute Gasteiger partial charge is 0.133 e. The van der Waals surface area contributed by atoms with E-state index < -0.39 is 0 Å². The van der Waals surface area contributed by atoms with Crippen molar-refractivity contribution in [1.29, 1.82) is 5.26 Å². The van der Waals surface area contributed by atoms with E-state index in [1.54, 1.807) is 7.11 Å². The summed E-state index contributed by atoms with van der Waals surface area (Å²) >= 11 is 4.89. The maximum atomic E-state index is 8.75. The molecule has 0 unspecified atom stereocenters. The number of hydrogen-bond donors (Lipinski definition) is 0. The van der Waals surface area contributed by atoms with Gasteiger partial charge in [0.05, 0.1) is 11.6 Å². The number of hydrogen-bond acceptors (Lipinski definition) is 3. The predicted molar refractivity (Wildman–Crippen MR) is 60.8 cm³/mol. The molecule has 0 aliphatic carbocycles. The fourth-order valence-corrected chi connectivity index (χ4v) is 2.79. The molecule has 2 aromatic rings. The highest BCUT2D eigenvalue weighted by Gasteiger charge is 2.06. The topological polar surface area (TPSA) is 33.0 Å². The van der Waals surface area contributed by atoms with E-state index in [4.69, 9.17) is 10.00 Å². The van der Waals surface area contributed by atoms with E-state index >= 15 is 0 Å². The molecule has 2 rings (SSSR count). The van der Waals surface area contributed by atoms with E-state index in [9.17, 15) is 0 Å². The zero-order valence-corrected chi connectivity index (χ0v) is 9.78. The molecule has 0 fully saturated rings. The molecule has 0 saturated carbocycles. The Kier molecular flexibility index (Phi) is 2.44. The number of nitriles is 1. The van der Waals surface area contributed by atoms with Crippen LogP contribution in [0.1, 0.15) is 4.88 Å². The minimum Gasteiger partial charge on any atom is -0.496 e. The van der Waals surface area contributed by atoms with Gasteiger partial charge < -0.3 is 4.74 Å². The van der Waals surface area contributed by atoms with Gasteiger partial charge in [-0.05, 0) is 39.5 Å². The van der Waals surface area contributed by atoms with Gasteiger partial charge in [0.1, 0.15) is 16.7 Å². The number of methoxy groups -OCH3 is 1. The molecule has 0 spiro atoms. The van der Waals surface area contributed by atoms with Crippen LogP contribution in [0.15, 0.2) is 22.7 Å². The second kappa shape index (κ2) is 3.60. The molecule has 1 heterocycles. The molecule has 0 amide bonds. The van der Waals surface area contributed by atoms with Crippen LogP contribution >= 0.6 is 27.3 Å². The van der Waals surface area contributed by atoms with Crippen LogP contribution in [0.4, 0.5) is 0 Å². The molecule has 0 radical (unpaired) electrons. The Morgan fingerprint density at radius 2 is 2.21 bits per heavy atom. The van der Waals surface area contributed by atoms with Crippen molar-refractivity contribution in [2.24, 2.45) is 0 Å². The number of ether oxygens (including phenoxy) is 1. The van der Waals surface area contributed by atoms with Crippen molar-refractivity contribution >= 4 is 37.4 Å². The lowest BCUT2D eigenvalue weighted by molar-refractivity contribution is 0.413. The van der Waals surface area contributed by atoms with Gasteiger partial charge in [0.15, 0.2) is 0 Å². The van der Waals surface area contributed by atoms with Crippen LogP contribution in [0.3, 0.4) is 0 Å².